The zero-order valence-electron chi connectivity index (χ0n) is 10.7. The highest BCUT2D eigenvalue weighted by Gasteiger charge is 2.11. The largest absolute Gasteiger partial charge is 0.369 e. The van der Waals surface area contributed by atoms with Gasteiger partial charge in [0.1, 0.15) is 0 Å². The summed E-state index contributed by atoms with van der Waals surface area (Å²) in [4.78, 5) is 2.43. The van der Waals surface area contributed by atoms with Crippen molar-refractivity contribution in [2.75, 3.05) is 11.4 Å². The number of halogens is 1. The van der Waals surface area contributed by atoms with Crippen LogP contribution in [0.25, 0.3) is 0 Å². The maximum atomic E-state index is 5.79. The first kappa shape index (κ1) is 13.4. The van der Waals surface area contributed by atoms with E-state index in [1.165, 1.54) is 11.3 Å². The summed E-state index contributed by atoms with van der Waals surface area (Å²) in [6, 6.07) is 9.08. The van der Waals surface area contributed by atoms with E-state index in [4.69, 9.17) is 11.6 Å². The van der Waals surface area contributed by atoms with Crippen molar-refractivity contribution in [1.82, 2.24) is 0 Å². The fourth-order valence-corrected chi connectivity index (χ4v) is 1.96. The van der Waals surface area contributed by atoms with Crippen LogP contribution in [0.2, 0.25) is 0 Å². The van der Waals surface area contributed by atoms with E-state index in [1.807, 2.05) is 0 Å². The molecule has 0 radical (unpaired) electrons. The summed E-state index contributed by atoms with van der Waals surface area (Å²) in [5, 5.41) is 0. The standard InChI is InChI=1S/C14H22ClN/c1-11(2)10-16(12(3)4)14-7-5-13(9-15)6-8-14/h5-8,11-12H,9-10H2,1-4H3. The molecule has 90 valence electrons. The average molecular weight is 240 g/mol. The highest BCUT2D eigenvalue weighted by molar-refractivity contribution is 6.17. The Morgan fingerprint density at radius 2 is 1.62 bits per heavy atom. The van der Waals surface area contributed by atoms with Crippen LogP contribution in [-0.4, -0.2) is 12.6 Å². The second-order valence-corrected chi connectivity index (χ2v) is 5.21. The Morgan fingerprint density at radius 1 is 1.06 bits per heavy atom. The minimum Gasteiger partial charge on any atom is -0.369 e. The second kappa shape index (κ2) is 6.15. The molecule has 0 spiro atoms. The highest BCUT2D eigenvalue weighted by Crippen LogP contribution is 2.20. The Kier molecular flexibility index (Phi) is 5.14. The number of anilines is 1. The maximum absolute atomic E-state index is 5.79. The molecule has 0 saturated carbocycles. The van der Waals surface area contributed by atoms with Crippen molar-refractivity contribution in [1.29, 1.82) is 0 Å². The fourth-order valence-electron chi connectivity index (χ4n) is 1.78. The molecule has 1 rings (SSSR count). The van der Waals surface area contributed by atoms with Crippen LogP contribution in [0.4, 0.5) is 5.69 Å². The Labute approximate surface area is 104 Å². The molecule has 0 saturated heterocycles. The lowest BCUT2D eigenvalue weighted by atomic mass is 10.1. The molecule has 0 atom stereocenters. The number of hydrogen-bond donors (Lipinski definition) is 0. The van der Waals surface area contributed by atoms with E-state index in [9.17, 15) is 0 Å². The number of rotatable bonds is 5. The molecule has 1 aromatic rings. The van der Waals surface area contributed by atoms with E-state index in [1.54, 1.807) is 0 Å². The van der Waals surface area contributed by atoms with Gasteiger partial charge in [0.05, 0.1) is 0 Å². The number of benzene rings is 1. The van der Waals surface area contributed by atoms with Gasteiger partial charge in [-0.1, -0.05) is 26.0 Å². The van der Waals surface area contributed by atoms with Gasteiger partial charge in [-0.3, -0.25) is 0 Å². The van der Waals surface area contributed by atoms with Crippen LogP contribution in [0.15, 0.2) is 24.3 Å². The molecule has 0 aliphatic carbocycles. The highest BCUT2D eigenvalue weighted by atomic mass is 35.5. The van der Waals surface area contributed by atoms with Gasteiger partial charge in [0, 0.05) is 24.2 Å². The van der Waals surface area contributed by atoms with Crippen molar-refractivity contribution in [3.05, 3.63) is 29.8 Å². The lowest BCUT2D eigenvalue weighted by molar-refractivity contribution is 0.571. The molecule has 1 aromatic carbocycles. The molecule has 0 aliphatic rings. The molecule has 1 nitrogen and oxygen atoms in total. The first-order valence-electron chi connectivity index (χ1n) is 5.96. The fraction of sp³-hybridized carbons (Fsp3) is 0.571. The lowest BCUT2D eigenvalue weighted by Crippen LogP contribution is -2.34. The normalized spacial score (nSPS) is 11.2. The van der Waals surface area contributed by atoms with Crippen molar-refractivity contribution in [3.8, 4) is 0 Å². The second-order valence-electron chi connectivity index (χ2n) is 4.94. The predicted molar refractivity (Wildman–Crippen MR) is 73.3 cm³/mol. The molecule has 0 aromatic heterocycles. The minimum absolute atomic E-state index is 0.532. The molecule has 0 amide bonds. The van der Waals surface area contributed by atoms with Gasteiger partial charge in [0.25, 0.3) is 0 Å². The van der Waals surface area contributed by atoms with Gasteiger partial charge in [-0.25, -0.2) is 0 Å². The summed E-state index contributed by atoms with van der Waals surface area (Å²) >= 11 is 5.79. The van der Waals surface area contributed by atoms with Crippen molar-refractivity contribution < 1.29 is 0 Å². The summed E-state index contributed by atoms with van der Waals surface area (Å²) in [6.45, 7) is 10.1. The van der Waals surface area contributed by atoms with E-state index >= 15 is 0 Å². The Balaban J connectivity index is 2.84. The van der Waals surface area contributed by atoms with E-state index < -0.39 is 0 Å². The van der Waals surface area contributed by atoms with Gasteiger partial charge in [0.2, 0.25) is 0 Å². The van der Waals surface area contributed by atoms with Crippen molar-refractivity contribution in [2.45, 2.75) is 39.6 Å². The molecule has 0 N–H and O–H groups in total. The van der Waals surface area contributed by atoms with E-state index in [2.05, 4.69) is 56.9 Å². The third-order valence-electron chi connectivity index (χ3n) is 2.61. The van der Waals surface area contributed by atoms with Crippen LogP contribution in [0, 0.1) is 5.92 Å². The van der Waals surface area contributed by atoms with Gasteiger partial charge in [0.15, 0.2) is 0 Å². The Bertz CT molecular complexity index is 303. The first-order valence-corrected chi connectivity index (χ1v) is 6.49. The van der Waals surface area contributed by atoms with Crippen LogP contribution in [0.3, 0.4) is 0 Å². The molecule has 0 fully saturated rings. The van der Waals surface area contributed by atoms with Crippen LogP contribution < -0.4 is 4.90 Å². The summed E-state index contributed by atoms with van der Waals surface area (Å²) < 4.78 is 0. The Morgan fingerprint density at radius 3 is 2.00 bits per heavy atom. The van der Waals surface area contributed by atoms with E-state index in [-0.39, 0.29) is 0 Å². The van der Waals surface area contributed by atoms with Gasteiger partial charge in [-0.05, 0) is 37.5 Å². The minimum atomic E-state index is 0.532. The van der Waals surface area contributed by atoms with Crippen molar-refractivity contribution in [2.24, 2.45) is 5.92 Å². The van der Waals surface area contributed by atoms with Crippen LogP contribution >= 0.6 is 11.6 Å². The smallest absolute Gasteiger partial charge is 0.0474 e. The first-order chi connectivity index (χ1) is 7.54. The van der Waals surface area contributed by atoms with Crippen LogP contribution in [0.5, 0.6) is 0 Å². The zero-order valence-corrected chi connectivity index (χ0v) is 11.5. The molecule has 16 heavy (non-hydrogen) atoms. The van der Waals surface area contributed by atoms with E-state index in [0.29, 0.717) is 17.8 Å². The van der Waals surface area contributed by atoms with Gasteiger partial charge in [-0.15, -0.1) is 11.6 Å². The Hall–Kier alpha value is -0.690. The van der Waals surface area contributed by atoms with E-state index in [0.717, 1.165) is 6.54 Å². The number of nitrogens with zero attached hydrogens (tertiary/aromatic N) is 1. The SMILES string of the molecule is CC(C)CN(c1ccc(CCl)cc1)C(C)C. The van der Waals surface area contributed by atoms with Crippen LogP contribution in [-0.2, 0) is 5.88 Å². The molecule has 2 heteroatoms. The predicted octanol–water partition coefficient (Wildman–Crippen LogP) is 4.30. The molecular formula is C14H22ClN. The van der Waals surface area contributed by atoms with Crippen molar-refractivity contribution in [3.63, 3.8) is 0 Å². The van der Waals surface area contributed by atoms with Gasteiger partial charge >= 0.3 is 0 Å². The number of alkyl halides is 1. The zero-order chi connectivity index (χ0) is 12.1. The molecule has 0 bridgehead atoms. The quantitative estimate of drug-likeness (QED) is 0.693. The lowest BCUT2D eigenvalue weighted by Gasteiger charge is -2.30. The third kappa shape index (κ3) is 3.71. The summed E-state index contributed by atoms with van der Waals surface area (Å²) in [6.07, 6.45) is 0. The third-order valence-corrected chi connectivity index (χ3v) is 2.92. The average Bonchev–Trinajstić information content (AvgIpc) is 2.25. The molecule has 0 heterocycles. The number of hydrogen-bond acceptors (Lipinski definition) is 1. The maximum Gasteiger partial charge on any atom is 0.0474 e. The monoisotopic (exact) mass is 239 g/mol. The molecule has 0 unspecified atom stereocenters. The molecule has 0 aliphatic heterocycles. The van der Waals surface area contributed by atoms with Gasteiger partial charge < -0.3 is 4.90 Å². The molecular weight excluding hydrogens is 218 g/mol. The summed E-state index contributed by atoms with van der Waals surface area (Å²) in [7, 11) is 0. The summed E-state index contributed by atoms with van der Waals surface area (Å²) in [5.74, 6) is 1.27. The topological polar surface area (TPSA) is 3.24 Å². The van der Waals surface area contributed by atoms with Crippen LogP contribution in [0.1, 0.15) is 33.3 Å². The van der Waals surface area contributed by atoms with Crippen molar-refractivity contribution >= 4 is 17.3 Å². The van der Waals surface area contributed by atoms with Gasteiger partial charge in [-0.2, -0.15) is 0 Å². The summed E-state index contributed by atoms with van der Waals surface area (Å²) in [5.41, 5.74) is 2.47.